The van der Waals surface area contributed by atoms with Crippen molar-refractivity contribution in [1.29, 1.82) is 0 Å². The molecule has 4 heteroatoms. The van der Waals surface area contributed by atoms with Crippen molar-refractivity contribution in [1.82, 2.24) is 5.43 Å². The van der Waals surface area contributed by atoms with Crippen LogP contribution in [0.2, 0.25) is 5.02 Å². The first kappa shape index (κ1) is 12.4. The van der Waals surface area contributed by atoms with Gasteiger partial charge in [-0.15, -0.1) is 0 Å². The number of hydrogen-bond donors (Lipinski definition) is 2. The lowest BCUT2D eigenvalue weighted by Gasteiger charge is -2.16. The van der Waals surface area contributed by atoms with Gasteiger partial charge in [-0.25, -0.2) is 4.39 Å². The number of rotatable bonds is 5. The van der Waals surface area contributed by atoms with E-state index in [1.54, 1.807) is 12.1 Å². The van der Waals surface area contributed by atoms with E-state index in [9.17, 15) is 4.39 Å². The second-order valence-corrected chi connectivity index (χ2v) is 3.91. The molecule has 0 saturated heterocycles. The summed E-state index contributed by atoms with van der Waals surface area (Å²) >= 11 is 5.71. The smallest absolute Gasteiger partial charge is 0.146 e. The Bertz CT molecular complexity index is 317. The van der Waals surface area contributed by atoms with Gasteiger partial charge < -0.3 is 0 Å². The molecule has 0 aliphatic heterocycles. The zero-order chi connectivity index (χ0) is 11.3. The molecule has 3 N–H and O–H groups in total. The molecule has 0 fully saturated rings. The Labute approximate surface area is 94.6 Å². The van der Waals surface area contributed by atoms with E-state index in [1.165, 1.54) is 6.07 Å². The van der Waals surface area contributed by atoms with Crippen LogP contribution in [0.25, 0.3) is 0 Å². The molecule has 0 bridgehead atoms. The summed E-state index contributed by atoms with van der Waals surface area (Å²) in [5.74, 6) is 5.03. The van der Waals surface area contributed by atoms with Gasteiger partial charge in [0.2, 0.25) is 0 Å². The minimum atomic E-state index is -0.377. The Hall–Kier alpha value is -0.640. The third-order valence-corrected chi connectivity index (χ3v) is 2.70. The highest BCUT2D eigenvalue weighted by Gasteiger charge is 2.15. The molecule has 2 nitrogen and oxygen atoms in total. The van der Waals surface area contributed by atoms with E-state index in [4.69, 9.17) is 17.4 Å². The lowest BCUT2D eigenvalue weighted by atomic mass is 10.0. The summed E-state index contributed by atoms with van der Waals surface area (Å²) in [6.45, 7) is 2.09. The van der Waals surface area contributed by atoms with E-state index in [1.807, 2.05) is 0 Å². The van der Waals surface area contributed by atoms with Crippen molar-refractivity contribution in [3.8, 4) is 0 Å². The quantitative estimate of drug-likeness (QED) is 0.602. The maximum absolute atomic E-state index is 13.6. The second kappa shape index (κ2) is 6.05. The van der Waals surface area contributed by atoms with Crippen molar-refractivity contribution < 1.29 is 4.39 Å². The number of hydrazine groups is 1. The van der Waals surface area contributed by atoms with Crippen LogP contribution in [-0.2, 0) is 0 Å². The van der Waals surface area contributed by atoms with Crippen LogP contribution in [0.15, 0.2) is 18.2 Å². The molecule has 0 aliphatic carbocycles. The fourth-order valence-electron chi connectivity index (χ4n) is 1.53. The van der Waals surface area contributed by atoms with E-state index < -0.39 is 0 Å². The molecule has 0 aromatic heterocycles. The zero-order valence-electron chi connectivity index (χ0n) is 8.76. The fourth-order valence-corrected chi connectivity index (χ4v) is 1.71. The molecule has 1 aromatic rings. The molecule has 1 atom stereocenters. The van der Waals surface area contributed by atoms with Gasteiger partial charge in [-0.05, 0) is 12.5 Å². The van der Waals surface area contributed by atoms with Gasteiger partial charge in [0.1, 0.15) is 5.82 Å². The number of halogens is 2. The van der Waals surface area contributed by atoms with Gasteiger partial charge >= 0.3 is 0 Å². The van der Waals surface area contributed by atoms with Crippen LogP contribution in [0.3, 0.4) is 0 Å². The van der Waals surface area contributed by atoms with Crippen LogP contribution in [0.5, 0.6) is 0 Å². The molecule has 0 aliphatic rings. The first-order valence-corrected chi connectivity index (χ1v) is 5.48. The van der Waals surface area contributed by atoms with Gasteiger partial charge in [0.15, 0.2) is 0 Å². The average molecular weight is 231 g/mol. The zero-order valence-corrected chi connectivity index (χ0v) is 9.52. The third kappa shape index (κ3) is 3.16. The van der Waals surface area contributed by atoms with Crippen molar-refractivity contribution in [2.24, 2.45) is 5.84 Å². The van der Waals surface area contributed by atoms with Crippen molar-refractivity contribution >= 4 is 11.6 Å². The van der Waals surface area contributed by atoms with Crippen molar-refractivity contribution in [2.45, 2.75) is 32.2 Å². The maximum atomic E-state index is 13.6. The summed E-state index contributed by atoms with van der Waals surface area (Å²) in [7, 11) is 0. The van der Waals surface area contributed by atoms with Crippen LogP contribution < -0.4 is 11.3 Å². The van der Waals surface area contributed by atoms with E-state index in [-0.39, 0.29) is 16.9 Å². The molecular weight excluding hydrogens is 215 g/mol. The summed E-state index contributed by atoms with van der Waals surface area (Å²) in [6, 6.07) is 4.82. The summed E-state index contributed by atoms with van der Waals surface area (Å²) in [5.41, 5.74) is 3.16. The first-order valence-electron chi connectivity index (χ1n) is 5.10. The van der Waals surface area contributed by atoms with Crippen LogP contribution >= 0.6 is 11.6 Å². The van der Waals surface area contributed by atoms with E-state index in [0.717, 1.165) is 19.3 Å². The normalized spacial score (nSPS) is 12.8. The molecule has 0 radical (unpaired) electrons. The minimum absolute atomic E-state index is 0.143. The topological polar surface area (TPSA) is 38.0 Å². The predicted molar refractivity (Wildman–Crippen MR) is 61.0 cm³/mol. The van der Waals surface area contributed by atoms with Gasteiger partial charge in [-0.1, -0.05) is 43.5 Å². The molecule has 0 saturated carbocycles. The molecular formula is C11H16ClFN2. The van der Waals surface area contributed by atoms with Gasteiger partial charge in [0.05, 0.1) is 5.02 Å². The first-order chi connectivity index (χ1) is 7.20. The summed E-state index contributed by atoms with van der Waals surface area (Å²) in [4.78, 5) is 0. The van der Waals surface area contributed by atoms with Crippen molar-refractivity contribution in [3.05, 3.63) is 34.6 Å². The van der Waals surface area contributed by atoms with Gasteiger partial charge in [0, 0.05) is 11.6 Å². The highest BCUT2D eigenvalue weighted by molar-refractivity contribution is 6.30. The largest absolute Gasteiger partial charge is 0.271 e. The number of hydrogen-bond acceptors (Lipinski definition) is 2. The minimum Gasteiger partial charge on any atom is -0.271 e. The SMILES string of the molecule is CCCCC(NN)c1cccc(Cl)c1F. The van der Waals surface area contributed by atoms with E-state index >= 15 is 0 Å². The molecule has 0 amide bonds. The molecule has 84 valence electrons. The molecule has 1 aromatic carbocycles. The highest BCUT2D eigenvalue weighted by atomic mass is 35.5. The highest BCUT2D eigenvalue weighted by Crippen LogP contribution is 2.25. The van der Waals surface area contributed by atoms with Gasteiger partial charge in [-0.2, -0.15) is 0 Å². The average Bonchev–Trinajstić information content (AvgIpc) is 2.25. The Kier molecular flexibility index (Phi) is 5.02. The lowest BCUT2D eigenvalue weighted by molar-refractivity contribution is 0.470. The Morgan fingerprint density at radius 2 is 2.27 bits per heavy atom. The molecule has 1 rings (SSSR count). The van der Waals surface area contributed by atoms with Crippen LogP contribution in [0, 0.1) is 5.82 Å². The number of nitrogens with one attached hydrogen (secondary N) is 1. The Balaban J connectivity index is 2.86. The molecule has 1 unspecified atom stereocenters. The van der Waals surface area contributed by atoms with Crippen LogP contribution in [0.4, 0.5) is 4.39 Å². The number of unbranched alkanes of at least 4 members (excludes halogenated alkanes) is 1. The number of benzene rings is 1. The molecule has 15 heavy (non-hydrogen) atoms. The van der Waals surface area contributed by atoms with Crippen molar-refractivity contribution in [3.63, 3.8) is 0 Å². The second-order valence-electron chi connectivity index (χ2n) is 3.50. The monoisotopic (exact) mass is 230 g/mol. The maximum Gasteiger partial charge on any atom is 0.146 e. The van der Waals surface area contributed by atoms with E-state index in [0.29, 0.717) is 5.56 Å². The van der Waals surface area contributed by atoms with E-state index in [2.05, 4.69) is 12.3 Å². The van der Waals surface area contributed by atoms with Crippen LogP contribution in [-0.4, -0.2) is 0 Å². The lowest BCUT2D eigenvalue weighted by Crippen LogP contribution is -2.28. The molecule has 0 heterocycles. The Morgan fingerprint density at radius 3 is 2.87 bits per heavy atom. The summed E-state index contributed by atoms with van der Waals surface area (Å²) in [5, 5.41) is 0.143. The summed E-state index contributed by atoms with van der Waals surface area (Å²) in [6.07, 6.45) is 2.87. The van der Waals surface area contributed by atoms with Crippen molar-refractivity contribution in [2.75, 3.05) is 0 Å². The standard InChI is InChI=1S/C11H16ClFN2/c1-2-3-7-10(15-14)8-5-4-6-9(12)11(8)13/h4-6,10,15H,2-3,7,14H2,1H3. The van der Waals surface area contributed by atoms with Crippen LogP contribution in [0.1, 0.15) is 37.8 Å². The van der Waals surface area contributed by atoms with Gasteiger partial charge in [-0.3, -0.25) is 11.3 Å². The predicted octanol–water partition coefficient (Wildman–Crippen LogP) is 3.17. The third-order valence-electron chi connectivity index (χ3n) is 2.40. The summed E-state index contributed by atoms with van der Waals surface area (Å²) < 4.78 is 13.6. The Morgan fingerprint density at radius 1 is 1.53 bits per heavy atom. The molecule has 0 spiro atoms. The number of nitrogens with two attached hydrogens (primary N) is 1. The fraction of sp³-hybridized carbons (Fsp3) is 0.455. The van der Waals surface area contributed by atoms with Gasteiger partial charge in [0.25, 0.3) is 0 Å².